The molecule has 15 heteroatoms. The Kier molecular flexibility index (Phi) is 14.0. The monoisotopic (exact) mass is 698 g/mol. The summed E-state index contributed by atoms with van der Waals surface area (Å²) in [5.41, 5.74) is 7.66. The number of nitrogens with zero attached hydrogens (tertiary/aromatic N) is 1. The van der Waals surface area contributed by atoms with Gasteiger partial charge in [0, 0.05) is 30.8 Å². The van der Waals surface area contributed by atoms with Crippen molar-refractivity contribution in [3.63, 3.8) is 0 Å². The Hall–Kier alpha value is -5.31. The number of rotatable bonds is 16. The second kappa shape index (κ2) is 17.9. The van der Waals surface area contributed by atoms with Gasteiger partial charge < -0.3 is 32.1 Å². The molecule has 0 aliphatic rings. The number of aromatic nitrogens is 1. The van der Waals surface area contributed by atoms with Gasteiger partial charge in [-0.15, -0.1) is 0 Å². The molecule has 0 saturated carbocycles. The number of alkyl halides is 3. The molecule has 2 unspecified atom stereocenters. The Morgan fingerprint density at radius 3 is 2.02 bits per heavy atom. The van der Waals surface area contributed by atoms with E-state index in [9.17, 15) is 42.3 Å². The molecule has 50 heavy (non-hydrogen) atoms. The van der Waals surface area contributed by atoms with Crippen molar-refractivity contribution in [1.29, 1.82) is 0 Å². The zero-order valence-electron chi connectivity index (χ0n) is 27.7. The number of benzene rings is 2. The lowest BCUT2D eigenvalue weighted by atomic mass is 10.00. The predicted molar refractivity (Wildman–Crippen MR) is 178 cm³/mol. The third kappa shape index (κ3) is 11.7. The molecule has 0 aliphatic carbocycles. The molecule has 0 saturated heterocycles. The molecule has 0 aliphatic heterocycles. The molecule has 1 heterocycles. The Balaban J connectivity index is 1.74. The zero-order chi connectivity index (χ0) is 37.0. The van der Waals surface area contributed by atoms with Gasteiger partial charge in [-0.25, -0.2) is 0 Å². The molecule has 0 bridgehead atoms. The van der Waals surface area contributed by atoms with E-state index in [0.717, 1.165) is 11.1 Å². The van der Waals surface area contributed by atoms with Gasteiger partial charge in [-0.3, -0.25) is 29.0 Å². The molecule has 0 spiro atoms. The fourth-order valence-electron chi connectivity index (χ4n) is 4.95. The second-order valence-electron chi connectivity index (χ2n) is 12.1. The molecule has 3 rings (SSSR count). The van der Waals surface area contributed by atoms with Gasteiger partial charge in [0.25, 0.3) is 5.91 Å². The number of carbonyl (C=O) groups is 5. The summed E-state index contributed by atoms with van der Waals surface area (Å²) < 4.78 is 39.7. The number of halogens is 3. The van der Waals surface area contributed by atoms with Crippen molar-refractivity contribution in [1.82, 2.24) is 26.3 Å². The van der Waals surface area contributed by atoms with Crippen LogP contribution in [0, 0.1) is 5.92 Å². The van der Waals surface area contributed by atoms with Crippen LogP contribution in [0.1, 0.15) is 49.5 Å². The lowest BCUT2D eigenvalue weighted by Crippen LogP contribution is -2.59. The maximum absolute atomic E-state index is 13.6. The highest BCUT2D eigenvalue weighted by Gasteiger charge is 2.44. The number of nitrogens with one attached hydrogen (secondary N) is 4. The van der Waals surface area contributed by atoms with Crippen molar-refractivity contribution in [2.75, 3.05) is 0 Å². The highest BCUT2D eigenvalue weighted by molar-refractivity contribution is 5.99. The predicted octanol–water partition coefficient (Wildman–Crippen LogP) is 2.41. The van der Waals surface area contributed by atoms with E-state index in [1.807, 2.05) is 11.4 Å². The van der Waals surface area contributed by atoms with Crippen LogP contribution in [-0.2, 0) is 25.6 Å². The summed E-state index contributed by atoms with van der Waals surface area (Å²) in [6.07, 6.45) is -5.96. The van der Waals surface area contributed by atoms with Gasteiger partial charge >= 0.3 is 6.18 Å². The van der Waals surface area contributed by atoms with Gasteiger partial charge in [0.15, 0.2) is 6.10 Å². The van der Waals surface area contributed by atoms with Gasteiger partial charge in [-0.05, 0) is 54.2 Å². The molecule has 0 fully saturated rings. The second-order valence-corrected chi connectivity index (χ2v) is 12.1. The third-order valence-corrected chi connectivity index (χ3v) is 7.79. The van der Waals surface area contributed by atoms with Crippen LogP contribution in [0.25, 0.3) is 11.1 Å². The van der Waals surface area contributed by atoms with Crippen molar-refractivity contribution in [3.8, 4) is 11.1 Å². The summed E-state index contributed by atoms with van der Waals surface area (Å²) in [6.45, 7) is 4.62. The van der Waals surface area contributed by atoms with E-state index < -0.39 is 84.7 Å². The van der Waals surface area contributed by atoms with Crippen molar-refractivity contribution in [2.24, 2.45) is 11.7 Å². The molecule has 7 N–H and O–H groups in total. The Morgan fingerprint density at radius 2 is 1.46 bits per heavy atom. The van der Waals surface area contributed by atoms with E-state index in [1.165, 1.54) is 6.92 Å². The number of pyridine rings is 1. The molecule has 2 aromatic carbocycles. The van der Waals surface area contributed by atoms with Crippen molar-refractivity contribution < 1.29 is 42.3 Å². The Labute approximate surface area is 287 Å². The minimum absolute atomic E-state index is 0.0324. The highest BCUT2D eigenvalue weighted by Crippen LogP contribution is 2.24. The summed E-state index contributed by atoms with van der Waals surface area (Å²) in [7, 11) is 0. The molecule has 5 amide bonds. The maximum atomic E-state index is 13.6. The first kappa shape index (κ1) is 39.1. The molecule has 5 atom stereocenters. The molecular weight excluding hydrogens is 657 g/mol. The number of aliphatic hydroxyl groups is 1. The first-order valence-corrected chi connectivity index (χ1v) is 15.9. The van der Waals surface area contributed by atoms with Crippen LogP contribution in [-0.4, -0.2) is 76.1 Å². The summed E-state index contributed by atoms with van der Waals surface area (Å²) in [5, 5.41) is 19.5. The number of hydrogen-bond donors (Lipinski definition) is 6. The highest BCUT2D eigenvalue weighted by atomic mass is 19.4. The van der Waals surface area contributed by atoms with Crippen LogP contribution in [0.4, 0.5) is 13.2 Å². The average Bonchev–Trinajstić information content (AvgIpc) is 3.08. The van der Waals surface area contributed by atoms with Crippen LogP contribution >= 0.6 is 0 Å². The number of hydrogen-bond acceptors (Lipinski definition) is 7. The maximum Gasteiger partial charge on any atom is 0.416 e. The summed E-state index contributed by atoms with van der Waals surface area (Å²) in [6, 6.07) is 13.3. The fourth-order valence-corrected chi connectivity index (χ4v) is 4.95. The largest absolute Gasteiger partial charge is 0.416 e. The van der Waals surface area contributed by atoms with E-state index in [0.29, 0.717) is 11.1 Å². The van der Waals surface area contributed by atoms with Crippen molar-refractivity contribution >= 4 is 29.5 Å². The van der Waals surface area contributed by atoms with Gasteiger partial charge in [-0.2, -0.15) is 13.2 Å². The fraction of sp³-hybridized carbons (Fsp3) is 0.371. The molecular formula is C35H41F3N6O6. The topological polar surface area (TPSA) is 193 Å². The third-order valence-electron chi connectivity index (χ3n) is 7.79. The van der Waals surface area contributed by atoms with Gasteiger partial charge in [0.05, 0.1) is 6.04 Å². The number of amides is 5. The number of primary amides is 1. The average molecular weight is 699 g/mol. The summed E-state index contributed by atoms with van der Waals surface area (Å²) in [5.74, 6) is -4.49. The van der Waals surface area contributed by atoms with Gasteiger partial charge in [0.2, 0.25) is 23.6 Å². The van der Waals surface area contributed by atoms with E-state index in [2.05, 4.69) is 20.9 Å². The molecule has 0 radical (unpaired) electrons. The van der Waals surface area contributed by atoms with Gasteiger partial charge in [0.1, 0.15) is 18.1 Å². The first-order chi connectivity index (χ1) is 23.6. The number of carbonyl (C=O) groups excluding carboxylic acids is 5. The lowest BCUT2D eigenvalue weighted by Gasteiger charge is -2.28. The summed E-state index contributed by atoms with van der Waals surface area (Å²) >= 11 is 0. The first-order valence-electron chi connectivity index (χ1n) is 15.9. The number of nitrogens with two attached hydrogens (primary N) is 1. The van der Waals surface area contributed by atoms with Crippen LogP contribution in [0.5, 0.6) is 0 Å². The molecule has 12 nitrogen and oxygen atoms in total. The van der Waals surface area contributed by atoms with Crippen LogP contribution in [0.2, 0.25) is 0 Å². The van der Waals surface area contributed by atoms with Crippen LogP contribution < -0.4 is 27.0 Å². The minimum atomic E-state index is -5.11. The molecule has 1 aromatic heterocycles. The smallest absolute Gasteiger partial charge is 0.382 e. The Bertz CT molecular complexity index is 1610. The zero-order valence-corrected chi connectivity index (χ0v) is 27.7. The number of aliphatic hydroxyl groups excluding tert-OH is 1. The molecule has 268 valence electrons. The minimum Gasteiger partial charge on any atom is -0.382 e. The standard InChI is InChI=1S/C35H41F3N6O6/c1-20(2)29(44-32(48)24-13-11-23(12-14-24)25-10-7-17-40-19-25)34(50)43-27(18-22-8-5-4-6-9-22)33(49)41-21(3)31(47)42-26(15-16-28(39)45)30(46)35(36,37)38/h4-14,17,19-21,26-27,29-30,46H,15-16,18H2,1-3H3,(H2,39,45)(H,41,49)(H,42,47)(H,43,50)(H,44,48)/t21-,26?,27-,29-,30?/m0/s1. The van der Waals surface area contributed by atoms with Gasteiger partial charge in [-0.1, -0.05) is 62.4 Å². The summed E-state index contributed by atoms with van der Waals surface area (Å²) in [4.78, 5) is 68.4. The van der Waals surface area contributed by atoms with E-state index in [1.54, 1.807) is 86.9 Å². The van der Waals surface area contributed by atoms with Crippen LogP contribution in [0.3, 0.4) is 0 Å². The van der Waals surface area contributed by atoms with Crippen molar-refractivity contribution in [2.45, 2.75) is 76.5 Å². The van der Waals surface area contributed by atoms with E-state index >= 15 is 0 Å². The molecule has 3 aromatic rings. The normalized spacial score (nSPS) is 14.4. The van der Waals surface area contributed by atoms with Crippen LogP contribution in [0.15, 0.2) is 79.1 Å². The quantitative estimate of drug-likeness (QED) is 0.132. The SMILES string of the molecule is CC(C)[C@H](NC(=O)c1ccc(-c2cccnc2)cc1)C(=O)N[C@@H](Cc1ccccc1)C(=O)N[C@@H](C)C(=O)NC(CCC(N)=O)C(O)C(F)(F)F. The van der Waals surface area contributed by atoms with E-state index in [-0.39, 0.29) is 6.42 Å². The lowest BCUT2D eigenvalue weighted by molar-refractivity contribution is -0.212. The van der Waals surface area contributed by atoms with Crippen molar-refractivity contribution in [3.05, 3.63) is 90.3 Å². The van der Waals surface area contributed by atoms with E-state index in [4.69, 9.17) is 5.73 Å². The Morgan fingerprint density at radius 1 is 0.800 bits per heavy atom.